The summed E-state index contributed by atoms with van der Waals surface area (Å²) in [6, 6.07) is 3.52. The van der Waals surface area contributed by atoms with E-state index in [-0.39, 0.29) is 12.0 Å². The lowest BCUT2D eigenvalue weighted by molar-refractivity contribution is -0.137. The number of rotatable bonds is 6. The number of carbonyl (C=O) groups excluding carboxylic acids is 1. The predicted molar refractivity (Wildman–Crippen MR) is 69.8 cm³/mol. The molecule has 4 N–H and O–H groups in total. The number of primary amides is 1. The van der Waals surface area contributed by atoms with Gasteiger partial charge in [-0.1, -0.05) is 17.7 Å². The van der Waals surface area contributed by atoms with Gasteiger partial charge in [-0.2, -0.15) is 0 Å². The van der Waals surface area contributed by atoms with Crippen LogP contribution in [0.2, 0.25) is 5.02 Å². The lowest BCUT2D eigenvalue weighted by Gasteiger charge is -2.16. The maximum Gasteiger partial charge on any atom is 0.326 e. The molecular weight excluding hydrogens is 256 g/mol. The van der Waals surface area contributed by atoms with Crippen LogP contribution < -0.4 is 11.1 Å². The van der Waals surface area contributed by atoms with Crippen molar-refractivity contribution in [1.82, 2.24) is 0 Å². The van der Waals surface area contributed by atoms with Gasteiger partial charge in [-0.3, -0.25) is 4.79 Å². The highest BCUT2D eigenvalue weighted by Gasteiger charge is 2.18. The van der Waals surface area contributed by atoms with Crippen LogP contribution in [-0.2, 0) is 4.79 Å². The SMILES string of the molecule is C=CCC(Nc1cc(Cl)ccc1C(N)=O)C(=O)O. The second kappa shape index (κ2) is 6.07. The Balaban J connectivity index is 3.07. The van der Waals surface area contributed by atoms with Gasteiger partial charge >= 0.3 is 5.97 Å². The predicted octanol–water partition coefficient (Wildman–Crippen LogP) is 1.88. The molecule has 1 aromatic rings. The van der Waals surface area contributed by atoms with E-state index in [4.69, 9.17) is 22.4 Å². The number of anilines is 1. The summed E-state index contributed by atoms with van der Waals surface area (Å²) in [6.07, 6.45) is 1.68. The first-order chi connectivity index (χ1) is 8.45. The number of nitrogens with one attached hydrogen (secondary N) is 1. The van der Waals surface area contributed by atoms with E-state index in [1.165, 1.54) is 24.3 Å². The van der Waals surface area contributed by atoms with Crippen molar-refractivity contribution in [1.29, 1.82) is 0 Å². The first-order valence-corrected chi connectivity index (χ1v) is 5.53. The average molecular weight is 269 g/mol. The fourth-order valence-electron chi connectivity index (χ4n) is 1.43. The Labute approximate surface area is 109 Å². The molecule has 0 bridgehead atoms. The molecule has 0 aliphatic rings. The van der Waals surface area contributed by atoms with Crippen LogP contribution in [0.3, 0.4) is 0 Å². The summed E-state index contributed by atoms with van der Waals surface area (Å²) >= 11 is 5.80. The van der Waals surface area contributed by atoms with Crippen molar-refractivity contribution in [2.75, 3.05) is 5.32 Å². The summed E-state index contributed by atoms with van der Waals surface area (Å²) in [7, 11) is 0. The molecular formula is C12H13ClN2O3. The normalized spacial score (nSPS) is 11.6. The maximum absolute atomic E-state index is 11.2. The van der Waals surface area contributed by atoms with E-state index in [2.05, 4.69) is 11.9 Å². The summed E-state index contributed by atoms with van der Waals surface area (Å²) in [6.45, 7) is 3.48. The molecule has 1 rings (SSSR count). The molecule has 0 spiro atoms. The molecule has 0 aliphatic carbocycles. The van der Waals surface area contributed by atoms with Gasteiger partial charge in [-0.15, -0.1) is 6.58 Å². The van der Waals surface area contributed by atoms with Gasteiger partial charge in [0.05, 0.1) is 5.56 Å². The first kappa shape index (κ1) is 14.1. The number of carbonyl (C=O) groups is 2. The van der Waals surface area contributed by atoms with E-state index in [0.717, 1.165) is 0 Å². The largest absolute Gasteiger partial charge is 0.480 e. The molecule has 0 radical (unpaired) electrons. The zero-order chi connectivity index (χ0) is 13.7. The lowest BCUT2D eigenvalue weighted by atomic mass is 10.1. The van der Waals surface area contributed by atoms with Crippen molar-refractivity contribution < 1.29 is 14.7 Å². The standard InChI is InChI=1S/C12H13ClN2O3/c1-2-3-9(12(17)18)15-10-6-7(13)4-5-8(10)11(14)16/h2,4-6,9,15H,1,3H2,(H2,14,16)(H,17,18). The number of benzene rings is 1. The summed E-state index contributed by atoms with van der Waals surface area (Å²) in [5, 5.41) is 12.1. The third kappa shape index (κ3) is 3.49. The Bertz CT molecular complexity index is 488. The average Bonchev–Trinajstić information content (AvgIpc) is 2.28. The van der Waals surface area contributed by atoms with Gasteiger partial charge in [-0.05, 0) is 24.6 Å². The molecule has 0 aromatic heterocycles. The second-order valence-corrected chi connectivity index (χ2v) is 4.05. The van der Waals surface area contributed by atoms with Crippen molar-refractivity contribution >= 4 is 29.2 Å². The van der Waals surface area contributed by atoms with Crippen LogP contribution >= 0.6 is 11.6 Å². The molecule has 0 fully saturated rings. The van der Waals surface area contributed by atoms with Crippen LogP contribution in [0.25, 0.3) is 0 Å². The first-order valence-electron chi connectivity index (χ1n) is 5.15. The Kier molecular flexibility index (Phi) is 4.74. The fraction of sp³-hybridized carbons (Fsp3) is 0.167. The van der Waals surface area contributed by atoms with Gasteiger partial charge in [-0.25, -0.2) is 4.79 Å². The topological polar surface area (TPSA) is 92.4 Å². The third-order valence-electron chi connectivity index (χ3n) is 2.28. The Morgan fingerprint density at radius 3 is 2.72 bits per heavy atom. The Morgan fingerprint density at radius 1 is 1.56 bits per heavy atom. The molecule has 96 valence electrons. The van der Waals surface area contributed by atoms with Gasteiger partial charge in [0.2, 0.25) is 0 Å². The van der Waals surface area contributed by atoms with Gasteiger partial charge in [0.25, 0.3) is 5.91 Å². The molecule has 0 heterocycles. The van der Waals surface area contributed by atoms with Crippen LogP contribution in [0.4, 0.5) is 5.69 Å². The van der Waals surface area contributed by atoms with E-state index < -0.39 is 17.9 Å². The number of hydrogen-bond acceptors (Lipinski definition) is 3. The van der Waals surface area contributed by atoms with Gasteiger partial charge in [0.15, 0.2) is 0 Å². The van der Waals surface area contributed by atoms with Gasteiger partial charge in [0.1, 0.15) is 6.04 Å². The highest BCUT2D eigenvalue weighted by Crippen LogP contribution is 2.22. The Hall–Kier alpha value is -2.01. The van der Waals surface area contributed by atoms with E-state index in [0.29, 0.717) is 10.7 Å². The van der Waals surface area contributed by atoms with Crippen molar-refractivity contribution in [2.45, 2.75) is 12.5 Å². The van der Waals surface area contributed by atoms with Crippen LogP contribution in [0, 0.1) is 0 Å². The number of hydrogen-bond donors (Lipinski definition) is 3. The molecule has 6 heteroatoms. The molecule has 1 unspecified atom stereocenters. The van der Waals surface area contributed by atoms with Crippen LogP contribution in [0.5, 0.6) is 0 Å². The fourth-order valence-corrected chi connectivity index (χ4v) is 1.60. The van der Waals surface area contributed by atoms with E-state index >= 15 is 0 Å². The zero-order valence-electron chi connectivity index (χ0n) is 9.52. The van der Waals surface area contributed by atoms with Gasteiger partial charge < -0.3 is 16.2 Å². The molecule has 1 atom stereocenters. The molecule has 0 saturated heterocycles. The smallest absolute Gasteiger partial charge is 0.326 e. The van der Waals surface area contributed by atoms with Crippen molar-refractivity contribution in [3.05, 3.63) is 41.4 Å². The van der Waals surface area contributed by atoms with Crippen LogP contribution in [0.15, 0.2) is 30.9 Å². The molecule has 18 heavy (non-hydrogen) atoms. The summed E-state index contributed by atoms with van der Waals surface area (Å²) in [5.41, 5.74) is 5.69. The van der Waals surface area contributed by atoms with E-state index in [1.54, 1.807) is 0 Å². The molecule has 0 saturated carbocycles. The number of aliphatic carboxylic acids is 1. The highest BCUT2D eigenvalue weighted by atomic mass is 35.5. The van der Waals surface area contributed by atoms with E-state index in [9.17, 15) is 9.59 Å². The van der Waals surface area contributed by atoms with Crippen molar-refractivity contribution in [3.63, 3.8) is 0 Å². The number of halogens is 1. The number of nitrogens with two attached hydrogens (primary N) is 1. The number of carboxylic acid groups (broad SMARTS) is 1. The summed E-state index contributed by atoms with van der Waals surface area (Å²) in [5.74, 6) is -1.71. The minimum absolute atomic E-state index is 0.190. The number of carboxylic acids is 1. The van der Waals surface area contributed by atoms with E-state index in [1.807, 2.05) is 0 Å². The highest BCUT2D eigenvalue weighted by molar-refractivity contribution is 6.31. The van der Waals surface area contributed by atoms with Crippen molar-refractivity contribution in [3.8, 4) is 0 Å². The zero-order valence-corrected chi connectivity index (χ0v) is 10.3. The molecule has 1 aromatic carbocycles. The molecule has 5 nitrogen and oxygen atoms in total. The maximum atomic E-state index is 11.2. The van der Waals surface area contributed by atoms with Crippen molar-refractivity contribution in [2.24, 2.45) is 5.73 Å². The van der Waals surface area contributed by atoms with Crippen LogP contribution in [-0.4, -0.2) is 23.0 Å². The van der Waals surface area contributed by atoms with Gasteiger partial charge in [0, 0.05) is 10.7 Å². The second-order valence-electron chi connectivity index (χ2n) is 3.61. The Morgan fingerprint density at radius 2 is 2.22 bits per heavy atom. The summed E-state index contributed by atoms with van der Waals surface area (Å²) in [4.78, 5) is 22.2. The minimum Gasteiger partial charge on any atom is -0.480 e. The quantitative estimate of drug-likeness (QED) is 0.687. The van der Waals surface area contributed by atoms with Crippen LogP contribution in [0.1, 0.15) is 16.8 Å². The monoisotopic (exact) mass is 268 g/mol. The molecule has 1 amide bonds. The third-order valence-corrected chi connectivity index (χ3v) is 2.51. The lowest BCUT2D eigenvalue weighted by Crippen LogP contribution is -2.29. The molecule has 0 aliphatic heterocycles. The minimum atomic E-state index is -1.05. The summed E-state index contributed by atoms with van der Waals surface area (Å²) < 4.78 is 0. The number of amides is 1.